The van der Waals surface area contributed by atoms with Crippen LogP contribution in [-0.2, 0) is 10.0 Å². The number of hydrogen-bond acceptors (Lipinski definition) is 5. The van der Waals surface area contributed by atoms with Crippen LogP contribution in [0.3, 0.4) is 0 Å². The van der Waals surface area contributed by atoms with Gasteiger partial charge in [-0.25, -0.2) is 13.1 Å². The van der Waals surface area contributed by atoms with E-state index >= 15 is 0 Å². The summed E-state index contributed by atoms with van der Waals surface area (Å²) >= 11 is 1.23. The minimum atomic E-state index is -3.50. The van der Waals surface area contributed by atoms with E-state index in [0.717, 1.165) is 17.8 Å². The van der Waals surface area contributed by atoms with Gasteiger partial charge in [-0.15, -0.1) is 11.3 Å². The number of sulfonamides is 1. The van der Waals surface area contributed by atoms with Crippen molar-refractivity contribution in [2.24, 2.45) is 0 Å². The Balaban J connectivity index is 2.01. The summed E-state index contributed by atoms with van der Waals surface area (Å²) in [6.45, 7) is 3.22. The third kappa shape index (κ3) is 3.30. The van der Waals surface area contributed by atoms with Crippen molar-refractivity contribution in [2.75, 3.05) is 19.6 Å². The van der Waals surface area contributed by atoms with Crippen molar-refractivity contribution in [1.82, 2.24) is 10.0 Å². The van der Waals surface area contributed by atoms with Gasteiger partial charge in [0.05, 0.1) is 5.60 Å². The molecule has 0 bridgehead atoms. The molecule has 1 saturated heterocycles. The number of nitrogens with one attached hydrogen (secondary N) is 2. The summed E-state index contributed by atoms with van der Waals surface area (Å²) in [6, 6.07) is 3.36. The zero-order valence-corrected chi connectivity index (χ0v) is 11.9. The first-order valence-electron chi connectivity index (χ1n) is 5.91. The molecule has 2 rings (SSSR count). The predicted octanol–water partition coefficient (Wildman–Crippen LogP) is 0.449. The van der Waals surface area contributed by atoms with Crippen molar-refractivity contribution in [3.8, 4) is 0 Å². The number of aliphatic hydroxyl groups is 1. The summed E-state index contributed by atoms with van der Waals surface area (Å²) in [7, 11) is -3.50. The van der Waals surface area contributed by atoms with E-state index in [4.69, 9.17) is 0 Å². The van der Waals surface area contributed by atoms with Gasteiger partial charge in [0.2, 0.25) is 10.0 Å². The van der Waals surface area contributed by atoms with E-state index in [1.807, 2.05) is 6.92 Å². The highest BCUT2D eigenvalue weighted by Gasteiger charge is 2.31. The van der Waals surface area contributed by atoms with Crippen LogP contribution in [0, 0.1) is 6.92 Å². The lowest BCUT2D eigenvalue weighted by molar-refractivity contribution is 0.0218. The van der Waals surface area contributed by atoms with E-state index < -0.39 is 15.6 Å². The number of aryl methyl sites for hydroxylation is 1. The normalized spacial score (nSPS) is 25.2. The van der Waals surface area contributed by atoms with Crippen LogP contribution in [0.2, 0.25) is 0 Å². The Kier molecular flexibility index (Phi) is 4.08. The van der Waals surface area contributed by atoms with Crippen molar-refractivity contribution in [3.05, 3.63) is 17.0 Å². The lowest BCUT2D eigenvalue weighted by Gasteiger charge is -2.32. The van der Waals surface area contributed by atoms with Crippen molar-refractivity contribution in [3.63, 3.8) is 0 Å². The molecular weight excluding hydrogens is 272 g/mol. The van der Waals surface area contributed by atoms with Crippen LogP contribution in [0.5, 0.6) is 0 Å². The quantitative estimate of drug-likeness (QED) is 0.752. The third-order valence-electron chi connectivity index (χ3n) is 3.02. The van der Waals surface area contributed by atoms with E-state index in [2.05, 4.69) is 10.0 Å². The standard InChI is InChI=1S/C11H18N2O3S2/c1-9-3-4-10(17-9)18(15,16)13-8-11(14)5-2-6-12-7-11/h3-4,12-14H,2,5-8H2,1H3/t11-/m1/s1. The van der Waals surface area contributed by atoms with Crippen LogP contribution in [0.4, 0.5) is 0 Å². The summed E-state index contributed by atoms with van der Waals surface area (Å²) in [4.78, 5) is 0.952. The predicted molar refractivity (Wildman–Crippen MR) is 71.3 cm³/mol. The average Bonchev–Trinajstić information content (AvgIpc) is 2.76. The number of thiophene rings is 1. The van der Waals surface area contributed by atoms with E-state index in [0.29, 0.717) is 17.2 Å². The van der Waals surface area contributed by atoms with Gasteiger partial charge in [0.15, 0.2) is 0 Å². The Hall–Kier alpha value is -0.470. The molecule has 1 aliphatic rings. The second kappa shape index (κ2) is 5.26. The van der Waals surface area contributed by atoms with Crippen LogP contribution in [0.25, 0.3) is 0 Å². The molecule has 3 N–H and O–H groups in total. The molecule has 0 radical (unpaired) electrons. The van der Waals surface area contributed by atoms with Crippen LogP contribution in [0.15, 0.2) is 16.3 Å². The highest BCUT2D eigenvalue weighted by Crippen LogP contribution is 2.21. The molecule has 0 amide bonds. The fourth-order valence-corrected chi connectivity index (χ4v) is 4.41. The first-order valence-corrected chi connectivity index (χ1v) is 8.21. The van der Waals surface area contributed by atoms with E-state index in [1.165, 1.54) is 11.3 Å². The third-order valence-corrected chi connectivity index (χ3v) is 5.92. The molecule has 0 spiro atoms. The Morgan fingerprint density at radius 1 is 1.56 bits per heavy atom. The van der Waals surface area contributed by atoms with E-state index in [9.17, 15) is 13.5 Å². The maximum Gasteiger partial charge on any atom is 0.250 e. The minimum absolute atomic E-state index is 0.0548. The topological polar surface area (TPSA) is 78.4 Å². The maximum atomic E-state index is 12.0. The van der Waals surface area contributed by atoms with Gasteiger partial charge in [-0.3, -0.25) is 0 Å². The maximum absolute atomic E-state index is 12.0. The zero-order chi connectivity index (χ0) is 13.2. The first-order chi connectivity index (χ1) is 8.41. The fraction of sp³-hybridized carbons (Fsp3) is 0.636. The van der Waals surface area contributed by atoms with Gasteiger partial charge >= 0.3 is 0 Å². The smallest absolute Gasteiger partial charge is 0.250 e. The van der Waals surface area contributed by atoms with Crippen LogP contribution in [0.1, 0.15) is 17.7 Å². The monoisotopic (exact) mass is 290 g/mol. The molecule has 1 aromatic heterocycles. The second-order valence-corrected chi connectivity index (χ2v) is 7.98. The van der Waals surface area contributed by atoms with Crippen molar-refractivity contribution in [2.45, 2.75) is 29.6 Å². The Labute approximate surface area is 111 Å². The largest absolute Gasteiger partial charge is 0.387 e. The molecule has 7 heteroatoms. The molecule has 1 atom stereocenters. The van der Waals surface area contributed by atoms with Crippen molar-refractivity contribution in [1.29, 1.82) is 0 Å². The summed E-state index contributed by atoms with van der Waals surface area (Å²) in [5.41, 5.74) is -0.975. The van der Waals surface area contributed by atoms with Crippen molar-refractivity contribution >= 4 is 21.4 Å². The molecule has 18 heavy (non-hydrogen) atoms. The van der Waals surface area contributed by atoms with Gasteiger partial charge in [-0.1, -0.05) is 0 Å². The van der Waals surface area contributed by atoms with Gasteiger partial charge in [-0.2, -0.15) is 0 Å². The van der Waals surface area contributed by atoms with Gasteiger partial charge in [0, 0.05) is 18.0 Å². The molecule has 0 aliphatic carbocycles. The lowest BCUT2D eigenvalue weighted by atomic mass is 9.95. The number of β-amino-alcohol motifs (C(OH)–C–C–N with tert-alkyl or cyclic N) is 1. The van der Waals surface area contributed by atoms with Crippen LogP contribution >= 0.6 is 11.3 Å². The molecule has 1 aliphatic heterocycles. The molecule has 0 aromatic carbocycles. The number of piperidine rings is 1. The van der Waals surface area contributed by atoms with Gasteiger partial charge < -0.3 is 10.4 Å². The lowest BCUT2D eigenvalue weighted by Crippen LogP contribution is -2.52. The van der Waals surface area contributed by atoms with E-state index in [1.54, 1.807) is 12.1 Å². The SMILES string of the molecule is Cc1ccc(S(=O)(=O)NC[C@@]2(O)CCCNC2)s1. The highest BCUT2D eigenvalue weighted by atomic mass is 32.2. The average molecular weight is 290 g/mol. The van der Waals surface area contributed by atoms with Crippen LogP contribution < -0.4 is 10.0 Å². The Morgan fingerprint density at radius 2 is 2.33 bits per heavy atom. The molecule has 1 fully saturated rings. The highest BCUT2D eigenvalue weighted by molar-refractivity contribution is 7.91. The molecule has 2 heterocycles. The molecule has 0 unspecified atom stereocenters. The fourth-order valence-electron chi connectivity index (χ4n) is 1.96. The van der Waals surface area contributed by atoms with E-state index in [-0.39, 0.29) is 6.54 Å². The van der Waals surface area contributed by atoms with Gasteiger partial charge in [-0.05, 0) is 38.4 Å². The van der Waals surface area contributed by atoms with Crippen LogP contribution in [-0.4, -0.2) is 38.8 Å². The molecule has 102 valence electrons. The summed E-state index contributed by atoms with van der Waals surface area (Å²) in [6.07, 6.45) is 1.47. The Bertz CT molecular complexity index is 504. The van der Waals surface area contributed by atoms with Crippen molar-refractivity contribution < 1.29 is 13.5 Å². The molecule has 5 nitrogen and oxygen atoms in total. The minimum Gasteiger partial charge on any atom is -0.387 e. The zero-order valence-electron chi connectivity index (χ0n) is 10.3. The summed E-state index contributed by atoms with van der Waals surface area (Å²) in [5.74, 6) is 0. The first kappa shape index (κ1) is 14.0. The summed E-state index contributed by atoms with van der Waals surface area (Å²) in [5, 5.41) is 13.3. The van der Waals surface area contributed by atoms with Gasteiger partial charge in [0.1, 0.15) is 4.21 Å². The molecule has 0 saturated carbocycles. The number of rotatable bonds is 4. The van der Waals surface area contributed by atoms with Gasteiger partial charge in [0.25, 0.3) is 0 Å². The summed E-state index contributed by atoms with van der Waals surface area (Å²) < 4.78 is 26.8. The second-order valence-electron chi connectivity index (χ2n) is 4.69. The number of hydrogen-bond donors (Lipinski definition) is 3. The molecule has 1 aromatic rings. The molecular formula is C11H18N2O3S2. The Morgan fingerprint density at radius 3 is 2.89 bits per heavy atom.